The monoisotopic (exact) mass is 321 g/mol. The zero-order chi connectivity index (χ0) is 10.8. The Balaban J connectivity index is 2.33. The van der Waals surface area contributed by atoms with Gasteiger partial charge in [-0.25, -0.2) is 0 Å². The standard InChI is InChI=1S/C10H4BrCl2OS/c11-6-4-15-5-9(6)14-8-3-1-2-7(12)10(8)13/h1-3,5H. The van der Waals surface area contributed by atoms with E-state index in [1.165, 1.54) is 11.3 Å². The quantitative estimate of drug-likeness (QED) is 0.718. The minimum Gasteiger partial charge on any atom is -0.454 e. The Morgan fingerprint density at radius 2 is 2.07 bits per heavy atom. The number of hydrogen-bond acceptors (Lipinski definition) is 2. The summed E-state index contributed by atoms with van der Waals surface area (Å²) >= 11 is 16.6. The first kappa shape index (κ1) is 11.3. The third kappa shape index (κ3) is 2.48. The molecule has 5 heteroatoms. The lowest BCUT2D eigenvalue weighted by Gasteiger charge is -2.06. The molecule has 1 nitrogen and oxygen atoms in total. The average molecular weight is 323 g/mol. The highest BCUT2D eigenvalue weighted by Crippen LogP contribution is 2.38. The summed E-state index contributed by atoms with van der Waals surface area (Å²) < 4.78 is 6.36. The molecule has 0 aliphatic rings. The average Bonchev–Trinajstić information content (AvgIpc) is 2.60. The first-order chi connectivity index (χ1) is 7.18. The summed E-state index contributed by atoms with van der Waals surface area (Å²) in [6.07, 6.45) is 0. The highest BCUT2D eigenvalue weighted by molar-refractivity contribution is 9.10. The van der Waals surface area contributed by atoms with Crippen LogP contribution in [-0.2, 0) is 0 Å². The largest absolute Gasteiger partial charge is 0.454 e. The lowest BCUT2D eigenvalue weighted by molar-refractivity contribution is 0.482. The van der Waals surface area contributed by atoms with Gasteiger partial charge in [-0.05, 0) is 28.1 Å². The van der Waals surface area contributed by atoms with Gasteiger partial charge in [0.25, 0.3) is 0 Å². The smallest absolute Gasteiger partial charge is 0.153 e. The van der Waals surface area contributed by atoms with Gasteiger partial charge >= 0.3 is 0 Å². The Labute approximate surface area is 110 Å². The van der Waals surface area contributed by atoms with Crippen LogP contribution < -0.4 is 4.74 Å². The molecule has 77 valence electrons. The summed E-state index contributed by atoms with van der Waals surface area (Å²) in [6, 6.07) is 5.26. The summed E-state index contributed by atoms with van der Waals surface area (Å²) in [7, 11) is 0. The summed E-state index contributed by atoms with van der Waals surface area (Å²) in [5, 5.41) is 5.71. The molecule has 0 saturated carbocycles. The zero-order valence-corrected chi connectivity index (χ0v) is 11.2. The molecule has 0 aliphatic heterocycles. The van der Waals surface area contributed by atoms with Crippen molar-refractivity contribution in [3.63, 3.8) is 0 Å². The van der Waals surface area contributed by atoms with Crippen LogP contribution in [0.1, 0.15) is 0 Å². The zero-order valence-electron chi connectivity index (χ0n) is 7.26. The number of benzene rings is 1. The second kappa shape index (κ2) is 4.74. The lowest BCUT2D eigenvalue weighted by atomic mass is 10.3. The van der Waals surface area contributed by atoms with E-state index >= 15 is 0 Å². The second-order valence-electron chi connectivity index (χ2n) is 2.67. The fourth-order valence-corrected chi connectivity index (χ4v) is 2.48. The molecule has 0 N–H and O–H groups in total. The molecule has 0 amide bonds. The highest BCUT2D eigenvalue weighted by atomic mass is 79.9. The van der Waals surface area contributed by atoms with Crippen LogP contribution in [0.25, 0.3) is 0 Å². The Morgan fingerprint density at radius 3 is 2.73 bits per heavy atom. The van der Waals surface area contributed by atoms with Crippen molar-refractivity contribution >= 4 is 50.5 Å². The van der Waals surface area contributed by atoms with Gasteiger partial charge in [0, 0.05) is 5.38 Å². The van der Waals surface area contributed by atoms with Crippen molar-refractivity contribution in [1.82, 2.24) is 0 Å². The molecule has 0 spiro atoms. The van der Waals surface area contributed by atoms with E-state index in [1.807, 2.05) is 5.38 Å². The number of hydrogen-bond donors (Lipinski definition) is 0. The first-order valence-corrected chi connectivity index (χ1v) is 6.38. The predicted octanol–water partition coefficient (Wildman–Crippen LogP) is 5.41. The van der Waals surface area contributed by atoms with Gasteiger partial charge in [-0.3, -0.25) is 0 Å². The van der Waals surface area contributed by atoms with Crippen LogP contribution in [0.5, 0.6) is 11.5 Å². The minimum absolute atomic E-state index is 0.414. The van der Waals surface area contributed by atoms with Gasteiger partial charge < -0.3 is 4.74 Å². The van der Waals surface area contributed by atoms with Gasteiger partial charge in [-0.15, -0.1) is 11.3 Å². The number of halogens is 3. The van der Waals surface area contributed by atoms with Gasteiger partial charge in [0.15, 0.2) is 5.75 Å². The number of rotatable bonds is 2. The molecule has 0 saturated heterocycles. The SMILES string of the molecule is Clc1cccc(Oc2cs[c]c2Br)c1Cl. The Bertz CT molecular complexity index is 484. The van der Waals surface area contributed by atoms with Crippen molar-refractivity contribution < 1.29 is 4.74 Å². The van der Waals surface area contributed by atoms with Crippen LogP contribution in [0.15, 0.2) is 28.1 Å². The maximum absolute atomic E-state index is 5.98. The van der Waals surface area contributed by atoms with Crippen LogP contribution >= 0.6 is 50.5 Å². The highest BCUT2D eigenvalue weighted by Gasteiger charge is 2.09. The van der Waals surface area contributed by atoms with Crippen molar-refractivity contribution in [3.05, 3.63) is 43.5 Å². The van der Waals surface area contributed by atoms with Gasteiger partial charge in [-0.2, -0.15) is 0 Å². The van der Waals surface area contributed by atoms with Crippen molar-refractivity contribution in [2.45, 2.75) is 0 Å². The van der Waals surface area contributed by atoms with E-state index in [0.29, 0.717) is 21.5 Å². The molecular weight excluding hydrogens is 319 g/mol. The van der Waals surface area contributed by atoms with Gasteiger partial charge in [0.05, 0.1) is 14.9 Å². The molecule has 2 rings (SSSR count). The van der Waals surface area contributed by atoms with Crippen LogP contribution in [0, 0.1) is 5.38 Å². The molecule has 1 heterocycles. The Morgan fingerprint density at radius 1 is 1.27 bits per heavy atom. The third-order valence-electron chi connectivity index (χ3n) is 1.67. The molecule has 0 unspecified atom stereocenters. The fraction of sp³-hybridized carbons (Fsp3) is 0. The summed E-state index contributed by atoms with van der Waals surface area (Å²) in [5.41, 5.74) is 0. The predicted molar refractivity (Wildman–Crippen MR) is 67.4 cm³/mol. The van der Waals surface area contributed by atoms with Crippen LogP contribution in [-0.4, -0.2) is 0 Å². The molecule has 0 atom stereocenters. The summed E-state index contributed by atoms with van der Waals surface area (Å²) in [4.78, 5) is 0. The maximum atomic E-state index is 5.98. The van der Waals surface area contributed by atoms with E-state index in [-0.39, 0.29) is 0 Å². The molecular formula is C10H4BrCl2OS. The van der Waals surface area contributed by atoms with E-state index < -0.39 is 0 Å². The third-order valence-corrected chi connectivity index (χ3v) is 3.97. The maximum Gasteiger partial charge on any atom is 0.153 e. The molecule has 2 aromatic rings. The van der Waals surface area contributed by atoms with E-state index in [9.17, 15) is 0 Å². The molecule has 1 aromatic heterocycles. The van der Waals surface area contributed by atoms with E-state index in [1.54, 1.807) is 18.2 Å². The van der Waals surface area contributed by atoms with Crippen molar-refractivity contribution in [3.8, 4) is 11.5 Å². The normalized spacial score (nSPS) is 10.3. The van der Waals surface area contributed by atoms with E-state index in [4.69, 9.17) is 27.9 Å². The van der Waals surface area contributed by atoms with Gasteiger partial charge in [0.2, 0.25) is 0 Å². The molecule has 0 fully saturated rings. The topological polar surface area (TPSA) is 9.23 Å². The molecule has 15 heavy (non-hydrogen) atoms. The second-order valence-corrected chi connectivity index (χ2v) is 4.92. The van der Waals surface area contributed by atoms with Gasteiger partial charge in [0.1, 0.15) is 10.8 Å². The summed E-state index contributed by atoms with van der Waals surface area (Å²) in [5.74, 6) is 1.22. The molecule has 0 aliphatic carbocycles. The van der Waals surface area contributed by atoms with Crippen LogP contribution in [0.3, 0.4) is 0 Å². The number of ether oxygens (including phenoxy) is 1. The van der Waals surface area contributed by atoms with Crippen LogP contribution in [0.4, 0.5) is 0 Å². The van der Waals surface area contributed by atoms with Gasteiger partial charge in [-0.1, -0.05) is 29.3 Å². The number of thiophene rings is 1. The van der Waals surface area contributed by atoms with Crippen LogP contribution in [0.2, 0.25) is 10.0 Å². The fourth-order valence-electron chi connectivity index (χ4n) is 0.987. The van der Waals surface area contributed by atoms with Crippen molar-refractivity contribution in [2.75, 3.05) is 0 Å². The Hall–Kier alpha value is -0.220. The van der Waals surface area contributed by atoms with E-state index in [0.717, 1.165) is 4.47 Å². The van der Waals surface area contributed by atoms with Crippen molar-refractivity contribution in [2.24, 2.45) is 0 Å². The Kier molecular flexibility index (Phi) is 3.57. The van der Waals surface area contributed by atoms with E-state index in [2.05, 4.69) is 21.3 Å². The molecule has 0 bridgehead atoms. The van der Waals surface area contributed by atoms with Crippen molar-refractivity contribution in [1.29, 1.82) is 0 Å². The minimum atomic E-state index is 0.414. The first-order valence-electron chi connectivity index (χ1n) is 3.95. The molecule has 1 radical (unpaired) electrons. The molecule has 1 aromatic carbocycles. The summed E-state index contributed by atoms with van der Waals surface area (Å²) in [6.45, 7) is 0. The lowest BCUT2D eigenvalue weighted by Crippen LogP contribution is -1.84.